The van der Waals surface area contributed by atoms with Crippen LogP contribution in [0.2, 0.25) is 0 Å². The van der Waals surface area contributed by atoms with E-state index in [1.54, 1.807) is 19.9 Å². The van der Waals surface area contributed by atoms with E-state index in [9.17, 15) is 14.9 Å². The van der Waals surface area contributed by atoms with E-state index in [1.807, 2.05) is 66.2 Å². The molecule has 190 valence electrons. The molecule has 1 aliphatic rings. The van der Waals surface area contributed by atoms with E-state index < -0.39 is 11.8 Å². The summed E-state index contributed by atoms with van der Waals surface area (Å²) < 4.78 is 4.06. The lowest BCUT2D eigenvalue weighted by molar-refractivity contribution is -0.140. The molecule has 0 atom stereocenters. The molecule has 3 heterocycles. The number of imide groups is 1. The van der Waals surface area contributed by atoms with Crippen LogP contribution < -0.4 is 0 Å². The van der Waals surface area contributed by atoms with E-state index in [4.69, 9.17) is 4.98 Å². The highest BCUT2D eigenvalue weighted by Crippen LogP contribution is 2.33. The van der Waals surface area contributed by atoms with Gasteiger partial charge in [-0.15, -0.1) is 0 Å². The molecule has 2 amide bonds. The second-order valence-corrected chi connectivity index (χ2v) is 9.53. The number of fused-ring (bicyclic) bond motifs is 2. The van der Waals surface area contributed by atoms with Gasteiger partial charge in [0.1, 0.15) is 17.5 Å². The van der Waals surface area contributed by atoms with Gasteiger partial charge in [0, 0.05) is 30.4 Å². The van der Waals surface area contributed by atoms with Crippen molar-refractivity contribution in [3.63, 3.8) is 0 Å². The van der Waals surface area contributed by atoms with Gasteiger partial charge in [-0.3, -0.25) is 19.1 Å². The lowest BCUT2D eigenvalue weighted by Gasteiger charge is -2.26. The monoisotopic (exact) mass is 511 g/mol. The van der Waals surface area contributed by atoms with Crippen molar-refractivity contribution in [1.29, 1.82) is 5.26 Å². The number of likely N-dealkylation sites (N-methyl/N-ethyl adjacent to an activating group) is 1. The van der Waals surface area contributed by atoms with Gasteiger partial charge in [-0.1, -0.05) is 54.6 Å². The van der Waals surface area contributed by atoms with Crippen LogP contribution >= 0.6 is 0 Å². The maximum absolute atomic E-state index is 13.3. The number of amides is 2. The first-order chi connectivity index (χ1) is 18.9. The molecule has 1 aliphatic heterocycles. The van der Waals surface area contributed by atoms with E-state index >= 15 is 0 Å². The van der Waals surface area contributed by atoms with E-state index in [0.717, 1.165) is 44.2 Å². The lowest BCUT2D eigenvalue weighted by Crippen LogP contribution is -2.42. The Hall–Kier alpha value is -5.22. The van der Waals surface area contributed by atoms with Gasteiger partial charge in [0.25, 0.3) is 11.8 Å². The summed E-state index contributed by atoms with van der Waals surface area (Å²) in [5.74, 6) is -0.132. The quantitative estimate of drug-likeness (QED) is 0.226. The summed E-state index contributed by atoms with van der Waals surface area (Å²) in [4.78, 5) is 32.2. The van der Waals surface area contributed by atoms with E-state index in [-0.39, 0.29) is 12.1 Å². The molecule has 6 rings (SSSR count). The topological polar surface area (TPSA) is 83.9 Å². The van der Waals surface area contributed by atoms with Crippen LogP contribution in [-0.2, 0) is 16.6 Å². The van der Waals surface area contributed by atoms with Crippen molar-refractivity contribution in [2.24, 2.45) is 7.05 Å². The van der Waals surface area contributed by atoms with Crippen LogP contribution in [0.4, 0.5) is 0 Å². The number of hydrogen-bond acceptors (Lipinski definition) is 4. The van der Waals surface area contributed by atoms with E-state index in [2.05, 4.69) is 34.9 Å². The molecule has 0 bridgehead atoms. The Balaban J connectivity index is 1.59. The van der Waals surface area contributed by atoms with Crippen molar-refractivity contribution in [1.82, 2.24) is 19.0 Å². The molecule has 0 unspecified atom stereocenters. The van der Waals surface area contributed by atoms with Crippen LogP contribution in [-0.4, -0.2) is 37.4 Å². The van der Waals surface area contributed by atoms with Gasteiger partial charge < -0.3 is 4.57 Å². The fourth-order valence-corrected chi connectivity index (χ4v) is 5.26. The SMILES string of the molecule is CCN1C(=O)C(C#N)=C(C)/C(=C/c2cc3c(nc(-c4ccc5ccccc5c4)n3C)n2-c2ccccc2)C1=O. The van der Waals surface area contributed by atoms with Gasteiger partial charge in [-0.25, -0.2) is 4.98 Å². The largest absolute Gasteiger partial charge is 0.326 e. The molecule has 0 saturated heterocycles. The average Bonchev–Trinajstić information content (AvgIpc) is 3.47. The number of benzene rings is 3. The highest BCUT2D eigenvalue weighted by atomic mass is 16.2. The molecular weight excluding hydrogens is 486 g/mol. The molecule has 0 radical (unpaired) electrons. The van der Waals surface area contributed by atoms with Gasteiger partial charge >= 0.3 is 0 Å². The molecule has 39 heavy (non-hydrogen) atoms. The molecular formula is C32H25N5O2. The number of aromatic nitrogens is 3. The van der Waals surface area contributed by atoms with Crippen LogP contribution in [0.1, 0.15) is 19.5 Å². The fraction of sp³-hybridized carbons (Fsp3) is 0.125. The second kappa shape index (κ2) is 9.26. The molecule has 0 aliphatic carbocycles. The first-order valence-electron chi connectivity index (χ1n) is 12.7. The highest BCUT2D eigenvalue weighted by Gasteiger charge is 2.34. The summed E-state index contributed by atoms with van der Waals surface area (Å²) in [6.07, 6.45) is 1.76. The van der Waals surface area contributed by atoms with Gasteiger partial charge in [0.05, 0.1) is 11.2 Å². The Bertz CT molecular complexity index is 1910. The molecule has 7 nitrogen and oxygen atoms in total. The van der Waals surface area contributed by atoms with Crippen LogP contribution in [0.3, 0.4) is 0 Å². The standard InChI is InChI=1S/C32H25N5O2/c1-4-36-31(38)26(20(2)27(19-33)32(36)39)17-25-18-28-30(37(25)24-12-6-5-7-13-24)34-29(35(28)3)23-15-14-21-10-8-9-11-22(21)16-23/h5-18H,4H2,1-3H3/b26-17-. The van der Waals surface area contributed by atoms with E-state index in [0.29, 0.717) is 11.1 Å². The zero-order chi connectivity index (χ0) is 27.3. The van der Waals surface area contributed by atoms with Crippen LogP contribution in [0, 0.1) is 11.3 Å². The van der Waals surface area contributed by atoms with Crippen LogP contribution in [0.5, 0.6) is 0 Å². The third-order valence-electron chi connectivity index (χ3n) is 7.33. The number of hydrogen-bond donors (Lipinski definition) is 0. The predicted molar refractivity (Wildman–Crippen MR) is 152 cm³/mol. The Morgan fingerprint density at radius 2 is 1.64 bits per heavy atom. The summed E-state index contributed by atoms with van der Waals surface area (Å²) in [6.45, 7) is 3.56. The number of nitrogens with zero attached hydrogens (tertiary/aromatic N) is 5. The Labute approximate surface area is 225 Å². The van der Waals surface area contributed by atoms with Crippen molar-refractivity contribution in [2.45, 2.75) is 13.8 Å². The summed E-state index contributed by atoms with van der Waals surface area (Å²) in [7, 11) is 1.98. The Morgan fingerprint density at radius 1 is 0.923 bits per heavy atom. The number of imidazole rings is 1. The van der Waals surface area contributed by atoms with E-state index in [1.165, 1.54) is 5.39 Å². The van der Waals surface area contributed by atoms with Crippen molar-refractivity contribution in [2.75, 3.05) is 6.54 Å². The number of carbonyl (C=O) groups excluding carboxylic acids is 2. The average molecular weight is 512 g/mol. The minimum atomic E-state index is -0.551. The molecule has 0 saturated carbocycles. The zero-order valence-corrected chi connectivity index (χ0v) is 21.8. The summed E-state index contributed by atoms with van der Waals surface area (Å²) in [5, 5.41) is 12.0. The molecule has 0 fully saturated rings. The minimum absolute atomic E-state index is 0.0122. The first-order valence-corrected chi connectivity index (χ1v) is 12.7. The lowest BCUT2D eigenvalue weighted by atomic mass is 9.94. The number of nitriles is 1. The van der Waals surface area contributed by atoms with Crippen molar-refractivity contribution >= 4 is 39.8 Å². The summed E-state index contributed by atoms with van der Waals surface area (Å²) in [6, 6.07) is 28.4. The van der Waals surface area contributed by atoms with Crippen LogP contribution in [0.25, 0.3) is 45.1 Å². The fourth-order valence-electron chi connectivity index (χ4n) is 5.26. The molecule has 3 aromatic carbocycles. The van der Waals surface area contributed by atoms with Crippen LogP contribution in [0.15, 0.2) is 95.6 Å². The summed E-state index contributed by atoms with van der Waals surface area (Å²) in [5.41, 5.74) is 4.94. The van der Waals surface area contributed by atoms with Gasteiger partial charge in [-0.2, -0.15) is 5.26 Å². The summed E-state index contributed by atoms with van der Waals surface area (Å²) >= 11 is 0. The molecule has 0 N–H and O–H groups in total. The normalized spacial score (nSPS) is 15.1. The molecule has 2 aromatic heterocycles. The Kier molecular flexibility index (Phi) is 5.73. The number of para-hydroxylation sites is 1. The third kappa shape index (κ3) is 3.77. The smallest absolute Gasteiger partial charge is 0.271 e. The third-order valence-corrected chi connectivity index (χ3v) is 7.33. The first kappa shape index (κ1) is 24.1. The zero-order valence-electron chi connectivity index (χ0n) is 21.8. The van der Waals surface area contributed by atoms with Gasteiger partial charge in [-0.05, 0) is 60.5 Å². The highest BCUT2D eigenvalue weighted by molar-refractivity contribution is 6.19. The maximum atomic E-state index is 13.3. The molecule has 7 heteroatoms. The molecule has 5 aromatic rings. The molecule has 0 spiro atoms. The van der Waals surface area contributed by atoms with Gasteiger partial charge in [0.2, 0.25) is 0 Å². The van der Waals surface area contributed by atoms with Gasteiger partial charge in [0.15, 0.2) is 5.65 Å². The van der Waals surface area contributed by atoms with Crippen molar-refractivity contribution < 1.29 is 9.59 Å². The minimum Gasteiger partial charge on any atom is -0.326 e. The predicted octanol–water partition coefficient (Wildman–Crippen LogP) is 5.80. The van der Waals surface area contributed by atoms with Crippen molar-refractivity contribution in [3.8, 4) is 23.1 Å². The maximum Gasteiger partial charge on any atom is 0.271 e. The number of rotatable bonds is 4. The van der Waals surface area contributed by atoms with Crippen molar-refractivity contribution in [3.05, 3.63) is 101 Å². The number of carbonyl (C=O) groups is 2. The number of aryl methyl sites for hydroxylation is 1. The second-order valence-electron chi connectivity index (χ2n) is 9.53. The Morgan fingerprint density at radius 3 is 2.36 bits per heavy atom.